The molecule has 0 saturated heterocycles. The van der Waals surface area contributed by atoms with Crippen LogP contribution in [0.4, 0.5) is 0 Å². The van der Waals surface area contributed by atoms with Crippen LogP contribution in [0.25, 0.3) is 11.0 Å². The average Bonchev–Trinajstić information content (AvgIpc) is 2.70. The van der Waals surface area contributed by atoms with Crippen molar-refractivity contribution in [1.29, 1.82) is 0 Å². The first-order valence-electron chi connectivity index (χ1n) is 8.20. The molecule has 0 spiro atoms. The molecule has 0 saturated carbocycles. The van der Waals surface area contributed by atoms with Crippen molar-refractivity contribution >= 4 is 22.6 Å². The van der Waals surface area contributed by atoms with Gasteiger partial charge in [-0.25, -0.2) is 4.79 Å². The lowest BCUT2D eigenvalue weighted by Crippen LogP contribution is -2.29. The van der Waals surface area contributed by atoms with E-state index in [-0.39, 0.29) is 18.2 Å². The molecule has 0 radical (unpaired) electrons. The van der Waals surface area contributed by atoms with Crippen LogP contribution in [0.15, 0.2) is 69.0 Å². The van der Waals surface area contributed by atoms with Crippen molar-refractivity contribution in [2.45, 2.75) is 6.61 Å². The van der Waals surface area contributed by atoms with Gasteiger partial charge in [-0.05, 0) is 23.8 Å². The first-order chi connectivity index (χ1) is 13.1. The molecular formula is C20H18N2O5. The summed E-state index contributed by atoms with van der Waals surface area (Å²) in [5, 5.41) is 7.18. The van der Waals surface area contributed by atoms with E-state index in [4.69, 9.17) is 14.0 Å². The van der Waals surface area contributed by atoms with Gasteiger partial charge in [-0.15, -0.1) is 0 Å². The Morgan fingerprint density at radius 3 is 2.70 bits per heavy atom. The van der Waals surface area contributed by atoms with E-state index in [1.807, 2.05) is 18.2 Å². The van der Waals surface area contributed by atoms with Crippen LogP contribution in [0.1, 0.15) is 11.1 Å². The molecule has 3 rings (SSSR count). The number of carbonyl (C=O) groups excluding carboxylic acids is 1. The largest absolute Gasteiger partial charge is 0.489 e. The molecule has 1 aromatic heterocycles. The predicted molar refractivity (Wildman–Crippen MR) is 101 cm³/mol. The van der Waals surface area contributed by atoms with Crippen LogP contribution in [-0.2, 0) is 16.2 Å². The minimum atomic E-state index is -0.420. The quantitative estimate of drug-likeness (QED) is 0.411. The Morgan fingerprint density at radius 2 is 1.93 bits per heavy atom. The molecule has 0 bridgehead atoms. The van der Waals surface area contributed by atoms with E-state index in [1.165, 1.54) is 20.2 Å². The van der Waals surface area contributed by atoms with E-state index in [0.29, 0.717) is 16.9 Å². The molecule has 0 aliphatic heterocycles. The summed E-state index contributed by atoms with van der Waals surface area (Å²) in [5.74, 6) is 0.175. The van der Waals surface area contributed by atoms with Gasteiger partial charge in [0.2, 0.25) is 0 Å². The number of likely N-dealkylation sites (N-methyl/N-ethyl adjacent to an activating group) is 1. The topological polar surface area (TPSA) is 90.1 Å². The van der Waals surface area contributed by atoms with Gasteiger partial charge in [-0.1, -0.05) is 29.4 Å². The van der Waals surface area contributed by atoms with Crippen molar-refractivity contribution in [3.8, 4) is 5.75 Å². The summed E-state index contributed by atoms with van der Waals surface area (Å²) in [4.78, 5) is 28.3. The lowest BCUT2D eigenvalue weighted by atomic mass is 10.0. The molecule has 0 aliphatic carbocycles. The van der Waals surface area contributed by atoms with Crippen LogP contribution < -0.4 is 15.7 Å². The van der Waals surface area contributed by atoms with Crippen LogP contribution in [-0.4, -0.2) is 25.8 Å². The summed E-state index contributed by atoms with van der Waals surface area (Å²) >= 11 is 0. The maximum absolute atomic E-state index is 12.1. The molecule has 1 heterocycles. The zero-order chi connectivity index (χ0) is 19.2. The second kappa shape index (κ2) is 8.18. The van der Waals surface area contributed by atoms with Gasteiger partial charge in [0.15, 0.2) is 5.71 Å². The van der Waals surface area contributed by atoms with E-state index in [0.717, 1.165) is 10.9 Å². The van der Waals surface area contributed by atoms with Crippen molar-refractivity contribution in [2.75, 3.05) is 14.2 Å². The number of amides is 1. The van der Waals surface area contributed by atoms with Gasteiger partial charge in [0.25, 0.3) is 5.91 Å². The lowest BCUT2D eigenvalue weighted by molar-refractivity contribution is -0.114. The zero-order valence-corrected chi connectivity index (χ0v) is 14.9. The normalized spacial score (nSPS) is 11.3. The number of nitrogens with one attached hydrogen (secondary N) is 1. The number of ether oxygens (including phenoxy) is 1. The van der Waals surface area contributed by atoms with E-state index >= 15 is 0 Å². The van der Waals surface area contributed by atoms with Gasteiger partial charge in [-0.3, -0.25) is 4.79 Å². The molecule has 0 fully saturated rings. The summed E-state index contributed by atoms with van der Waals surface area (Å²) in [7, 11) is 2.90. The van der Waals surface area contributed by atoms with Crippen molar-refractivity contribution < 1.29 is 18.8 Å². The minimum Gasteiger partial charge on any atom is -0.489 e. The summed E-state index contributed by atoms with van der Waals surface area (Å²) < 4.78 is 11.0. The molecule has 3 aromatic rings. The smallest absolute Gasteiger partial charge is 0.336 e. The molecule has 7 heteroatoms. The number of rotatable bonds is 6. The number of fused-ring (bicyclic) bond motifs is 1. The van der Waals surface area contributed by atoms with Crippen molar-refractivity contribution in [2.24, 2.45) is 5.16 Å². The van der Waals surface area contributed by atoms with Crippen molar-refractivity contribution in [3.05, 3.63) is 76.1 Å². The first-order valence-corrected chi connectivity index (χ1v) is 8.20. The maximum Gasteiger partial charge on any atom is 0.336 e. The third-order valence-electron chi connectivity index (χ3n) is 3.89. The highest BCUT2D eigenvalue weighted by atomic mass is 16.6. The summed E-state index contributed by atoms with van der Waals surface area (Å²) in [5.41, 5.74) is 1.54. The lowest BCUT2D eigenvalue weighted by Gasteiger charge is -2.12. The van der Waals surface area contributed by atoms with E-state index < -0.39 is 5.63 Å². The van der Waals surface area contributed by atoms with Gasteiger partial charge in [0.1, 0.15) is 25.0 Å². The van der Waals surface area contributed by atoms with Crippen molar-refractivity contribution in [1.82, 2.24) is 5.32 Å². The third kappa shape index (κ3) is 4.14. The molecule has 0 atom stereocenters. The second-order valence-corrected chi connectivity index (χ2v) is 5.60. The fourth-order valence-electron chi connectivity index (χ4n) is 2.59. The Hall–Kier alpha value is -3.61. The minimum absolute atomic E-state index is 0.156. The standard InChI is InChI=1S/C20H18N2O5/c1-21-20(24)19(22-25-2)16-6-4-3-5-14(16)12-26-15-9-7-13-8-10-18(23)27-17(13)11-15/h3-11H,12H2,1-2H3,(H,21,24)/b22-19-. The van der Waals surface area contributed by atoms with E-state index in [9.17, 15) is 9.59 Å². The van der Waals surface area contributed by atoms with Gasteiger partial charge >= 0.3 is 5.63 Å². The Kier molecular flexibility index (Phi) is 5.51. The highest BCUT2D eigenvalue weighted by Crippen LogP contribution is 2.21. The molecule has 2 aromatic carbocycles. The Bertz CT molecular complexity index is 1060. The van der Waals surface area contributed by atoms with Crippen LogP contribution in [0, 0.1) is 0 Å². The highest BCUT2D eigenvalue weighted by molar-refractivity contribution is 6.45. The molecule has 1 amide bonds. The first kappa shape index (κ1) is 18.2. The van der Waals surface area contributed by atoms with Crippen LogP contribution in [0.2, 0.25) is 0 Å². The SMILES string of the molecule is CNC(=O)/C(=N\OC)c1ccccc1COc1ccc2ccc(=O)oc2c1. The van der Waals surface area contributed by atoms with Crippen LogP contribution >= 0.6 is 0 Å². The van der Waals surface area contributed by atoms with Gasteiger partial charge in [-0.2, -0.15) is 0 Å². The number of nitrogens with zero attached hydrogens (tertiary/aromatic N) is 1. The summed E-state index contributed by atoms with van der Waals surface area (Å²) in [6.45, 7) is 0.193. The number of oxime groups is 1. The number of carbonyl (C=O) groups is 1. The van der Waals surface area contributed by atoms with Gasteiger partial charge < -0.3 is 19.3 Å². The molecular weight excluding hydrogens is 348 g/mol. The number of hydrogen-bond acceptors (Lipinski definition) is 6. The van der Waals surface area contributed by atoms with Gasteiger partial charge in [0.05, 0.1) is 0 Å². The monoisotopic (exact) mass is 366 g/mol. The van der Waals surface area contributed by atoms with Crippen molar-refractivity contribution in [3.63, 3.8) is 0 Å². The molecule has 0 aliphatic rings. The van der Waals surface area contributed by atoms with Crippen LogP contribution in [0.3, 0.4) is 0 Å². The number of benzene rings is 2. The highest BCUT2D eigenvalue weighted by Gasteiger charge is 2.17. The molecule has 138 valence electrons. The fourth-order valence-corrected chi connectivity index (χ4v) is 2.59. The van der Waals surface area contributed by atoms with E-state index in [1.54, 1.807) is 30.3 Å². The fraction of sp³-hybridized carbons (Fsp3) is 0.150. The molecule has 7 nitrogen and oxygen atoms in total. The van der Waals surface area contributed by atoms with Crippen LogP contribution in [0.5, 0.6) is 5.75 Å². The summed E-state index contributed by atoms with van der Waals surface area (Å²) in [6.07, 6.45) is 0. The summed E-state index contributed by atoms with van der Waals surface area (Å²) in [6, 6.07) is 15.6. The Morgan fingerprint density at radius 1 is 1.15 bits per heavy atom. The average molecular weight is 366 g/mol. The Labute approximate surface area is 155 Å². The maximum atomic E-state index is 12.1. The number of hydrogen-bond donors (Lipinski definition) is 1. The van der Waals surface area contributed by atoms with E-state index in [2.05, 4.69) is 10.5 Å². The van der Waals surface area contributed by atoms with Gasteiger partial charge in [0, 0.05) is 30.1 Å². The predicted octanol–water partition coefficient (Wildman–Crippen LogP) is 2.47. The molecule has 1 N–H and O–H groups in total. The molecule has 27 heavy (non-hydrogen) atoms. The second-order valence-electron chi connectivity index (χ2n) is 5.60. The zero-order valence-electron chi connectivity index (χ0n) is 14.9. The third-order valence-corrected chi connectivity index (χ3v) is 3.89. The molecule has 0 unspecified atom stereocenters. The Balaban J connectivity index is 1.87.